The van der Waals surface area contributed by atoms with Gasteiger partial charge in [-0.3, -0.25) is 9.05 Å². The van der Waals surface area contributed by atoms with E-state index in [9.17, 15) is 23.5 Å². The number of hydrogen-bond acceptors (Lipinski definition) is 8. The van der Waals surface area contributed by atoms with E-state index in [0.717, 1.165) is 7.11 Å². The van der Waals surface area contributed by atoms with Crippen LogP contribution in [0.1, 0.15) is 13.8 Å². The number of rotatable bonds is 8. The molecule has 23 heavy (non-hydrogen) atoms. The topological polar surface area (TPSA) is 158 Å². The van der Waals surface area contributed by atoms with E-state index in [1.807, 2.05) is 6.92 Å². The van der Waals surface area contributed by atoms with Gasteiger partial charge >= 0.3 is 23.5 Å². The normalized spacial score (nSPS) is 36.1. The van der Waals surface area contributed by atoms with E-state index in [1.165, 1.54) is 0 Å². The number of ether oxygens (including phenoxy) is 1. The van der Waals surface area contributed by atoms with Crippen LogP contribution in [0.4, 0.5) is 0 Å². The van der Waals surface area contributed by atoms with Gasteiger partial charge in [-0.25, -0.2) is 13.7 Å². The first-order valence-electron chi connectivity index (χ1n) is 6.31. The maximum absolute atomic E-state index is 11.6. The highest BCUT2D eigenvalue weighted by Gasteiger charge is 2.43. The van der Waals surface area contributed by atoms with Gasteiger partial charge in [-0.05, 0) is 11.8 Å². The van der Waals surface area contributed by atoms with Crippen LogP contribution in [0.25, 0.3) is 0 Å². The van der Waals surface area contributed by atoms with E-state index >= 15 is 0 Å². The lowest BCUT2D eigenvalue weighted by atomic mass is 9.82. The van der Waals surface area contributed by atoms with Crippen molar-refractivity contribution in [2.45, 2.75) is 26.0 Å². The van der Waals surface area contributed by atoms with Gasteiger partial charge in [0.1, 0.15) is 7.85 Å². The predicted molar refractivity (Wildman–Crippen MR) is 77.3 cm³/mol. The third-order valence-electron chi connectivity index (χ3n) is 3.31. The Kier molecular flexibility index (Phi) is 7.25. The van der Waals surface area contributed by atoms with E-state index in [2.05, 4.69) is 17.7 Å². The van der Waals surface area contributed by atoms with Gasteiger partial charge in [0.15, 0.2) is 0 Å². The van der Waals surface area contributed by atoms with Gasteiger partial charge in [0.05, 0.1) is 12.7 Å². The molecule has 0 aromatic rings. The molecule has 0 aromatic heterocycles. The molecule has 0 aliphatic carbocycles. The van der Waals surface area contributed by atoms with Crippen molar-refractivity contribution in [2.24, 2.45) is 11.8 Å². The summed E-state index contributed by atoms with van der Waals surface area (Å²) in [4.78, 5) is 27.5. The van der Waals surface area contributed by atoms with Gasteiger partial charge in [0, 0.05) is 13.1 Å². The van der Waals surface area contributed by atoms with Gasteiger partial charge in [0.2, 0.25) is 0 Å². The molecule has 1 aliphatic rings. The lowest BCUT2D eigenvalue weighted by molar-refractivity contribution is 0.0265. The average Bonchev–Trinajstić information content (AvgIpc) is 2.61. The van der Waals surface area contributed by atoms with Gasteiger partial charge in [-0.2, -0.15) is 8.62 Å². The zero-order valence-electron chi connectivity index (χ0n) is 12.5. The lowest BCUT2D eigenvalue weighted by Gasteiger charge is -2.20. The molecular weight excluding hydrogens is 376 g/mol. The Morgan fingerprint density at radius 2 is 1.52 bits per heavy atom. The first kappa shape index (κ1) is 21.5. The average molecular weight is 394 g/mol. The highest BCUT2D eigenvalue weighted by atomic mass is 31.3. The van der Waals surface area contributed by atoms with Crippen LogP contribution in [-0.2, 0) is 36.1 Å². The quantitative estimate of drug-likeness (QED) is 0.401. The Balaban J connectivity index is 2.61. The largest absolute Gasteiger partial charge is 0.490 e. The molecule has 1 aliphatic heterocycles. The van der Waals surface area contributed by atoms with Crippen molar-refractivity contribution < 1.29 is 50.8 Å². The van der Waals surface area contributed by atoms with Crippen molar-refractivity contribution in [1.29, 1.82) is 0 Å². The smallest absolute Gasteiger partial charge is 0.382 e. The molecule has 1 fully saturated rings. The summed E-state index contributed by atoms with van der Waals surface area (Å²) in [6, 6.07) is -0.577. The molecular formula is C8H18BO11P3. The Hall–Kier alpha value is 0.435. The second kappa shape index (κ2) is 7.76. The second-order valence-electron chi connectivity index (χ2n) is 4.90. The second-order valence-corrected chi connectivity index (χ2v) is 9.65. The SMILES string of the molecule is [B]C1OC(COP(=O)(O)OP(=O)(O)OP(=O)(O)OC)[C@H](C)C1C. The third kappa shape index (κ3) is 6.69. The minimum atomic E-state index is -5.39. The minimum Gasteiger partial charge on any atom is -0.382 e. The molecule has 0 bridgehead atoms. The van der Waals surface area contributed by atoms with E-state index in [0.29, 0.717) is 0 Å². The van der Waals surface area contributed by atoms with Crippen molar-refractivity contribution in [3.8, 4) is 0 Å². The van der Waals surface area contributed by atoms with Crippen molar-refractivity contribution in [1.82, 2.24) is 0 Å². The molecule has 0 aromatic carbocycles. The molecule has 1 rings (SSSR count). The Labute approximate surface area is 134 Å². The molecule has 1 saturated heterocycles. The zero-order chi connectivity index (χ0) is 18.1. The van der Waals surface area contributed by atoms with Gasteiger partial charge < -0.3 is 19.4 Å². The molecule has 0 spiro atoms. The molecule has 15 heteroatoms. The monoisotopic (exact) mass is 394 g/mol. The van der Waals surface area contributed by atoms with E-state index in [1.54, 1.807) is 6.92 Å². The van der Waals surface area contributed by atoms with Crippen LogP contribution in [0.5, 0.6) is 0 Å². The minimum absolute atomic E-state index is 0.0307. The molecule has 134 valence electrons. The number of phosphoric ester groups is 2. The van der Waals surface area contributed by atoms with Crippen LogP contribution in [0.15, 0.2) is 0 Å². The van der Waals surface area contributed by atoms with Crippen molar-refractivity contribution >= 4 is 31.3 Å². The Morgan fingerprint density at radius 1 is 1.00 bits per heavy atom. The standard InChI is InChI=1S/C8H18BO11P3/c1-5-6(2)8(9)18-7(5)4-17-22(12,13)20-23(14,15)19-21(10,11)16-3/h5-8H,4H2,1-3H3,(H,10,11)(H,12,13)(H,14,15)/t5-,6?,7?,8?/m1/s1. The first-order valence-corrected chi connectivity index (χ1v) is 10.8. The maximum Gasteiger partial charge on any atom is 0.490 e. The highest BCUT2D eigenvalue weighted by molar-refractivity contribution is 7.66. The summed E-state index contributed by atoms with van der Waals surface area (Å²) in [5.41, 5.74) is 0. The first-order chi connectivity index (χ1) is 10.3. The van der Waals surface area contributed by atoms with Crippen LogP contribution >= 0.6 is 23.5 Å². The van der Waals surface area contributed by atoms with Crippen LogP contribution < -0.4 is 0 Å². The molecule has 1 heterocycles. The summed E-state index contributed by atoms with van der Waals surface area (Å²) in [7, 11) is -9.00. The van der Waals surface area contributed by atoms with Crippen molar-refractivity contribution in [2.75, 3.05) is 13.7 Å². The molecule has 7 atom stereocenters. The van der Waals surface area contributed by atoms with Gasteiger partial charge in [-0.15, -0.1) is 0 Å². The summed E-state index contributed by atoms with van der Waals surface area (Å²) in [6.07, 6.45) is -0.633. The summed E-state index contributed by atoms with van der Waals surface area (Å²) in [5.74, 6) is -0.134. The molecule has 0 saturated carbocycles. The lowest BCUT2D eigenvalue weighted by Crippen LogP contribution is -2.21. The van der Waals surface area contributed by atoms with Crippen molar-refractivity contribution in [3.05, 3.63) is 0 Å². The summed E-state index contributed by atoms with van der Waals surface area (Å²) < 4.78 is 55.4. The Morgan fingerprint density at radius 3 is 1.96 bits per heavy atom. The zero-order valence-corrected chi connectivity index (χ0v) is 15.2. The fraction of sp³-hybridized carbons (Fsp3) is 1.00. The number of phosphoric acid groups is 3. The fourth-order valence-electron chi connectivity index (χ4n) is 1.78. The molecule has 3 N–H and O–H groups in total. The molecule has 2 radical (unpaired) electrons. The summed E-state index contributed by atoms with van der Waals surface area (Å²) >= 11 is 0. The summed E-state index contributed by atoms with van der Waals surface area (Å²) in [5, 5.41) is 0. The van der Waals surface area contributed by atoms with Gasteiger partial charge in [-0.1, -0.05) is 13.8 Å². The van der Waals surface area contributed by atoms with Crippen LogP contribution in [-0.4, -0.2) is 48.4 Å². The molecule has 0 amide bonds. The third-order valence-corrected chi connectivity index (χ3v) is 7.55. The Bertz CT molecular complexity index is 555. The van der Waals surface area contributed by atoms with Crippen LogP contribution in [0.2, 0.25) is 0 Å². The molecule has 11 nitrogen and oxygen atoms in total. The maximum atomic E-state index is 11.6. The van der Waals surface area contributed by atoms with Crippen LogP contribution in [0.3, 0.4) is 0 Å². The predicted octanol–water partition coefficient (Wildman–Crippen LogP) is 1.15. The van der Waals surface area contributed by atoms with E-state index in [-0.39, 0.29) is 11.8 Å². The van der Waals surface area contributed by atoms with Crippen molar-refractivity contribution in [3.63, 3.8) is 0 Å². The van der Waals surface area contributed by atoms with Gasteiger partial charge in [0.25, 0.3) is 0 Å². The number of hydrogen-bond donors (Lipinski definition) is 3. The fourth-order valence-corrected chi connectivity index (χ4v) is 5.04. The highest BCUT2D eigenvalue weighted by Crippen LogP contribution is 2.67. The summed E-state index contributed by atoms with van der Waals surface area (Å²) in [6.45, 7) is 3.16. The van der Waals surface area contributed by atoms with E-state index in [4.69, 9.17) is 17.5 Å². The van der Waals surface area contributed by atoms with Crippen LogP contribution in [0, 0.1) is 11.8 Å². The molecule has 6 unspecified atom stereocenters. The van der Waals surface area contributed by atoms with E-state index < -0.39 is 42.2 Å².